The van der Waals surface area contributed by atoms with Gasteiger partial charge in [0, 0.05) is 12.5 Å². The van der Waals surface area contributed by atoms with Crippen LogP contribution < -0.4 is 0 Å². The standard InChI is InChI=1S/C15H15F2NO3/c16-8-3-4-12(17)10(6-8)9-7-11(9)14(19)18-5-1-2-13(18)15(20)21/h3-4,6,9,11,13H,1-2,5,7H2,(H,20,21)/t9?,11?,13-/m1/s1. The van der Waals surface area contributed by atoms with Gasteiger partial charge in [-0.2, -0.15) is 0 Å². The molecule has 1 aromatic rings. The van der Waals surface area contributed by atoms with Crippen molar-refractivity contribution in [1.29, 1.82) is 0 Å². The van der Waals surface area contributed by atoms with Crippen LogP contribution in [0.1, 0.15) is 30.7 Å². The number of nitrogens with zero attached hydrogens (tertiary/aromatic N) is 1. The molecule has 1 aliphatic carbocycles. The van der Waals surface area contributed by atoms with Crippen LogP contribution in [0.4, 0.5) is 8.78 Å². The van der Waals surface area contributed by atoms with Gasteiger partial charge in [-0.3, -0.25) is 4.79 Å². The first-order valence-corrected chi connectivity index (χ1v) is 6.97. The molecule has 0 radical (unpaired) electrons. The normalized spacial score (nSPS) is 27.7. The van der Waals surface area contributed by atoms with Gasteiger partial charge in [-0.25, -0.2) is 13.6 Å². The van der Waals surface area contributed by atoms with Gasteiger partial charge in [-0.15, -0.1) is 0 Å². The second kappa shape index (κ2) is 5.09. The van der Waals surface area contributed by atoms with Crippen molar-refractivity contribution in [3.05, 3.63) is 35.4 Å². The third-order valence-corrected chi connectivity index (χ3v) is 4.29. The molecule has 2 fully saturated rings. The Morgan fingerprint density at radius 2 is 2.05 bits per heavy atom. The number of likely N-dealkylation sites (tertiary alicyclic amines) is 1. The van der Waals surface area contributed by atoms with E-state index >= 15 is 0 Å². The summed E-state index contributed by atoms with van der Waals surface area (Å²) in [6, 6.07) is 2.43. The number of hydrogen-bond donors (Lipinski definition) is 1. The summed E-state index contributed by atoms with van der Waals surface area (Å²) >= 11 is 0. The Kier molecular flexibility index (Phi) is 3.39. The minimum atomic E-state index is -1.00. The van der Waals surface area contributed by atoms with Crippen LogP contribution in [0.2, 0.25) is 0 Å². The lowest BCUT2D eigenvalue weighted by Crippen LogP contribution is -2.41. The van der Waals surface area contributed by atoms with E-state index in [9.17, 15) is 18.4 Å². The van der Waals surface area contributed by atoms with E-state index in [1.807, 2.05) is 0 Å². The molecule has 0 aromatic heterocycles. The van der Waals surface area contributed by atoms with E-state index in [0.29, 0.717) is 25.8 Å². The van der Waals surface area contributed by atoms with Gasteiger partial charge >= 0.3 is 5.97 Å². The number of rotatable bonds is 3. The summed E-state index contributed by atoms with van der Waals surface area (Å²) in [4.78, 5) is 24.8. The van der Waals surface area contributed by atoms with Crippen LogP contribution in [-0.4, -0.2) is 34.5 Å². The third kappa shape index (κ3) is 2.50. The highest BCUT2D eigenvalue weighted by Crippen LogP contribution is 2.50. The summed E-state index contributed by atoms with van der Waals surface area (Å²) in [5.41, 5.74) is 0.208. The van der Waals surface area contributed by atoms with Crippen LogP contribution in [0.3, 0.4) is 0 Å². The van der Waals surface area contributed by atoms with Gasteiger partial charge in [0.15, 0.2) is 0 Å². The Morgan fingerprint density at radius 3 is 2.76 bits per heavy atom. The van der Waals surface area contributed by atoms with Crippen molar-refractivity contribution in [1.82, 2.24) is 4.90 Å². The molecule has 1 saturated carbocycles. The predicted octanol–water partition coefficient (Wildman–Crippen LogP) is 2.14. The van der Waals surface area contributed by atoms with Gasteiger partial charge in [0.05, 0.1) is 0 Å². The molecule has 1 heterocycles. The zero-order valence-electron chi connectivity index (χ0n) is 11.3. The number of carbonyl (C=O) groups is 2. The van der Waals surface area contributed by atoms with Crippen molar-refractivity contribution >= 4 is 11.9 Å². The summed E-state index contributed by atoms with van der Waals surface area (Å²) in [5.74, 6) is -3.09. The lowest BCUT2D eigenvalue weighted by Gasteiger charge is -2.21. The smallest absolute Gasteiger partial charge is 0.326 e. The summed E-state index contributed by atoms with van der Waals surface area (Å²) in [6.07, 6.45) is 1.56. The quantitative estimate of drug-likeness (QED) is 0.929. The molecule has 1 saturated heterocycles. The zero-order valence-corrected chi connectivity index (χ0v) is 11.3. The first-order chi connectivity index (χ1) is 9.99. The van der Waals surface area contributed by atoms with Crippen molar-refractivity contribution in [3.8, 4) is 0 Å². The Bertz CT molecular complexity index is 605. The summed E-state index contributed by atoms with van der Waals surface area (Å²) in [6.45, 7) is 0.421. The van der Waals surface area contributed by atoms with Crippen LogP contribution in [0.15, 0.2) is 18.2 Å². The minimum Gasteiger partial charge on any atom is -0.480 e. The SMILES string of the molecule is O=C(O)[C@H]1CCCN1C(=O)C1CC1c1cc(F)ccc1F. The first kappa shape index (κ1) is 14.0. The lowest BCUT2D eigenvalue weighted by atomic mass is 10.1. The molecule has 1 aliphatic heterocycles. The third-order valence-electron chi connectivity index (χ3n) is 4.29. The van der Waals surface area contributed by atoms with Crippen LogP contribution >= 0.6 is 0 Å². The van der Waals surface area contributed by atoms with Crippen molar-refractivity contribution < 1.29 is 23.5 Å². The number of aliphatic carboxylic acids is 1. The first-order valence-electron chi connectivity index (χ1n) is 6.97. The van der Waals surface area contributed by atoms with Crippen LogP contribution in [-0.2, 0) is 9.59 Å². The highest BCUT2D eigenvalue weighted by atomic mass is 19.1. The Labute approximate surface area is 120 Å². The average molecular weight is 295 g/mol. The fraction of sp³-hybridized carbons (Fsp3) is 0.467. The fourth-order valence-corrected chi connectivity index (χ4v) is 3.11. The van der Waals surface area contributed by atoms with E-state index in [4.69, 9.17) is 5.11 Å². The molecule has 3 rings (SSSR count). The van der Waals surface area contributed by atoms with Crippen LogP contribution in [0.5, 0.6) is 0 Å². The van der Waals surface area contributed by atoms with Gasteiger partial charge in [0.1, 0.15) is 17.7 Å². The van der Waals surface area contributed by atoms with E-state index in [1.54, 1.807) is 0 Å². The van der Waals surface area contributed by atoms with E-state index in [2.05, 4.69) is 0 Å². The summed E-state index contributed by atoms with van der Waals surface area (Å²) in [5, 5.41) is 9.09. The second-order valence-corrected chi connectivity index (χ2v) is 5.64. The largest absolute Gasteiger partial charge is 0.480 e. The van der Waals surface area contributed by atoms with Gasteiger partial charge < -0.3 is 10.0 Å². The van der Waals surface area contributed by atoms with E-state index in [-0.39, 0.29) is 17.4 Å². The molecule has 1 N–H and O–H groups in total. The maximum absolute atomic E-state index is 13.7. The molecule has 112 valence electrons. The second-order valence-electron chi connectivity index (χ2n) is 5.64. The molecule has 2 aliphatic rings. The van der Waals surface area contributed by atoms with Crippen LogP contribution in [0.25, 0.3) is 0 Å². The van der Waals surface area contributed by atoms with Gasteiger partial charge in [-0.1, -0.05) is 0 Å². The molecular weight excluding hydrogens is 280 g/mol. The van der Waals surface area contributed by atoms with Crippen molar-refractivity contribution in [3.63, 3.8) is 0 Å². The molecule has 1 amide bonds. The van der Waals surface area contributed by atoms with Gasteiger partial charge in [0.2, 0.25) is 5.91 Å². The lowest BCUT2D eigenvalue weighted by molar-refractivity contribution is -0.148. The van der Waals surface area contributed by atoms with Gasteiger partial charge in [0.25, 0.3) is 0 Å². The number of carbonyl (C=O) groups excluding carboxylic acids is 1. The zero-order chi connectivity index (χ0) is 15.1. The predicted molar refractivity (Wildman–Crippen MR) is 69.6 cm³/mol. The van der Waals surface area contributed by atoms with E-state index in [1.165, 1.54) is 4.90 Å². The molecule has 3 atom stereocenters. The molecular formula is C15H15F2NO3. The maximum Gasteiger partial charge on any atom is 0.326 e. The number of benzene rings is 1. The number of halogens is 2. The molecule has 21 heavy (non-hydrogen) atoms. The molecule has 1 aromatic carbocycles. The molecule has 6 heteroatoms. The monoisotopic (exact) mass is 295 g/mol. The van der Waals surface area contributed by atoms with E-state index < -0.39 is 29.6 Å². The Balaban J connectivity index is 1.74. The van der Waals surface area contributed by atoms with Crippen molar-refractivity contribution in [2.24, 2.45) is 5.92 Å². The number of carboxylic acids is 1. The fourth-order valence-electron chi connectivity index (χ4n) is 3.11. The topological polar surface area (TPSA) is 57.6 Å². The van der Waals surface area contributed by atoms with Crippen molar-refractivity contribution in [2.75, 3.05) is 6.54 Å². The highest BCUT2D eigenvalue weighted by Gasteiger charge is 2.49. The summed E-state index contributed by atoms with van der Waals surface area (Å²) in [7, 11) is 0. The average Bonchev–Trinajstić information content (AvgIpc) is 3.07. The highest BCUT2D eigenvalue weighted by molar-refractivity contribution is 5.88. The Hall–Kier alpha value is -1.98. The van der Waals surface area contributed by atoms with E-state index in [0.717, 1.165) is 18.2 Å². The maximum atomic E-state index is 13.7. The molecule has 0 spiro atoms. The number of amides is 1. The molecule has 0 bridgehead atoms. The van der Waals surface area contributed by atoms with Crippen molar-refractivity contribution in [2.45, 2.75) is 31.2 Å². The summed E-state index contributed by atoms with van der Waals surface area (Å²) < 4.78 is 26.9. The molecule has 4 nitrogen and oxygen atoms in total. The Morgan fingerprint density at radius 1 is 1.29 bits per heavy atom. The minimum absolute atomic E-state index is 0.208. The number of carboxylic acid groups (broad SMARTS) is 1. The van der Waals surface area contributed by atoms with Crippen LogP contribution in [0, 0.1) is 17.6 Å². The van der Waals surface area contributed by atoms with Gasteiger partial charge in [-0.05, 0) is 48.9 Å². The number of hydrogen-bond acceptors (Lipinski definition) is 2. The molecule has 2 unspecified atom stereocenters.